The molecule has 0 saturated heterocycles. The highest BCUT2D eigenvalue weighted by Crippen LogP contribution is 2.33. The molecule has 7 heteroatoms. The predicted molar refractivity (Wildman–Crippen MR) is 103 cm³/mol. The third-order valence-corrected chi connectivity index (χ3v) is 4.45. The molecule has 1 aliphatic rings. The lowest BCUT2D eigenvalue weighted by molar-refractivity contribution is 0.397. The summed E-state index contributed by atoms with van der Waals surface area (Å²) in [6.07, 6.45) is 0.779. The summed E-state index contributed by atoms with van der Waals surface area (Å²) in [7, 11) is 2.10. The molecule has 3 N–H and O–H groups in total. The van der Waals surface area contributed by atoms with Crippen molar-refractivity contribution in [1.29, 1.82) is 0 Å². The summed E-state index contributed by atoms with van der Waals surface area (Å²) >= 11 is 1.74. The second-order valence-electron chi connectivity index (χ2n) is 5.06. The van der Waals surface area contributed by atoms with E-state index in [2.05, 4.69) is 46.9 Å². The summed E-state index contributed by atoms with van der Waals surface area (Å²) in [5, 5.41) is 6.57. The molecule has 0 unspecified atom stereocenters. The van der Waals surface area contributed by atoms with Crippen molar-refractivity contribution in [3.8, 4) is 5.75 Å². The Balaban J connectivity index is 0.00000132. The number of fused-ring (bicyclic) bond motifs is 1. The fourth-order valence-corrected chi connectivity index (χ4v) is 3.06. The zero-order valence-corrected chi connectivity index (χ0v) is 15.5. The number of halogens is 2. The molecule has 0 bridgehead atoms. The van der Waals surface area contributed by atoms with Gasteiger partial charge in [0.1, 0.15) is 11.6 Å². The molecule has 0 atom stereocenters. The summed E-state index contributed by atoms with van der Waals surface area (Å²) in [5.41, 5.74) is 8.12. The highest BCUT2D eigenvalue weighted by atomic mass is 35.5. The molecule has 0 fully saturated rings. The van der Waals surface area contributed by atoms with Crippen LogP contribution in [0.2, 0.25) is 0 Å². The summed E-state index contributed by atoms with van der Waals surface area (Å²) in [6, 6.07) is 10.4. The molecule has 2 aromatic rings. The van der Waals surface area contributed by atoms with Gasteiger partial charge >= 0.3 is 0 Å². The monoisotopic (exact) mass is 373 g/mol. The van der Waals surface area contributed by atoms with Gasteiger partial charge in [-0.15, -0.1) is 36.2 Å². The lowest BCUT2D eigenvalue weighted by Gasteiger charge is -2.23. The standard InChI is InChI=1S/C16H19N3OS.2ClH/c1-3-13-16(17)18-12-9-11(6-7-14(12)20-13)10-19(2)15-5-4-8-21-15;;/h4-9,18H,3,10,17H2,1-2H3;2*1H. The van der Waals surface area contributed by atoms with E-state index in [0.717, 1.165) is 30.2 Å². The molecule has 1 aromatic heterocycles. The smallest absolute Gasteiger partial charge is 0.150 e. The van der Waals surface area contributed by atoms with E-state index in [1.807, 2.05) is 13.0 Å². The molecule has 0 saturated carbocycles. The Labute approximate surface area is 153 Å². The van der Waals surface area contributed by atoms with Crippen molar-refractivity contribution in [2.24, 2.45) is 5.73 Å². The van der Waals surface area contributed by atoms with Crippen LogP contribution in [0.15, 0.2) is 47.3 Å². The Morgan fingerprint density at radius 1 is 1.26 bits per heavy atom. The van der Waals surface area contributed by atoms with Crippen molar-refractivity contribution in [2.75, 3.05) is 17.3 Å². The van der Waals surface area contributed by atoms with Gasteiger partial charge in [0, 0.05) is 20.0 Å². The molecule has 0 spiro atoms. The first kappa shape index (κ1) is 19.5. The molecule has 0 amide bonds. The van der Waals surface area contributed by atoms with Gasteiger partial charge < -0.3 is 20.7 Å². The normalized spacial score (nSPS) is 12.3. The first-order valence-electron chi connectivity index (χ1n) is 6.98. The number of rotatable bonds is 4. The average molecular weight is 374 g/mol. The molecule has 1 aromatic carbocycles. The molecular formula is C16H21Cl2N3OS. The lowest BCUT2D eigenvalue weighted by atomic mass is 10.1. The highest BCUT2D eigenvalue weighted by Gasteiger charge is 2.16. The Hall–Kier alpha value is -1.56. The van der Waals surface area contributed by atoms with E-state index in [9.17, 15) is 0 Å². The first-order valence-corrected chi connectivity index (χ1v) is 7.86. The summed E-state index contributed by atoms with van der Waals surface area (Å²) in [5.74, 6) is 2.24. The minimum Gasteiger partial charge on any atom is -0.456 e. The average Bonchev–Trinajstić information content (AvgIpc) is 3.00. The zero-order chi connectivity index (χ0) is 14.8. The van der Waals surface area contributed by atoms with Crippen molar-refractivity contribution < 1.29 is 4.74 Å². The van der Waals surface area contributed by atoms with E-state index < -0.39 is 0 Å². The summed E-state index contributed by atoms with van der Waals surface area (Å²) in [6.45, 7) is 2.87. The van der Waals surface area contributed by atoms with Crippen molar-refractivity contribution in [3.63, 3.8) is 0 Å². The number of nitrogens with zero attached hydrogens (tertiary/aromatic N) is 1. The molecule has 4 nitrogen and oxygen atoms in total. The van der Waals surface area contributed by atoms with Gasteiger partial charge in [0.2, 0.25) is 0 Å². The Kier molecular flexibility index (Phi) is 7.06. The number of nitrogens with one attached hydrogen (secondary N) is 1. The van der Waals surface area contributed by atoms with Gasteiger partial charge in [-0.05, 0) is 35.2 Å². The van der Waals surface area contributed by atoms with Crippen LogP contribution in [0.4, 0.5) is 10.7 Å². The predicted octanol–water partition coefficient (Wildman–Crippen LogP) is 4.57. The maximum atomic E-state index is 5.97. The van der Waals surface area contributed by atoms with Gasteiger partial charge in [-0.25, -0.2) is 0 Å². The number of hydrogen-bond acceptors (Lipinski definition) is 5. The fraction of sp³-hybridized carbons (Fsp3) is 0.250. The fourth-order valence-electron chi connectivity index (χ4n) is 2.37. The molecule has 0 aliphatic carbocycles. The lowest BCUT2D eigenvalue weighted by Crippen LogP contribution is -2.21. The molecule has 126 valence electrons. The number of anilines is 2. The number of benzene rings is 1. The van der Waals surface area contributed by atoms with Gasteiger partial charge in [-0.2, -0.15) is 0 Å². The number of nitrogens with two attached hydrogens (primary N) is 1. The SMILES string of the molecule is CCC1=C(N)Nc2cc(CN(C)c3cccs3)ccc2O1.Cl.Cl. The summed E-state index contributed by atoms with van der Waals surface area (Å²) in [4.78, 5) is 2.23. The Morgan fingerprint density at radius 3 is 2.70 bits per heavy atom. The maximum Gasteiger partial charge on any atom is 0.150 e. The molecule has 3 rings (SSSR count). The van der Waals surface area contributed by atoms with Crippen LogP contribution in [0.25, 0.3) is 0 Å². The minimum atomic E-state index is 0. The third kappa shape index (κ3) is 4.25. The van der Waals surface area contributed by atoms with Crippen LogP contribution < -0.4 is 20.7 Å². The number of allylic oxidation sites excluding steroid dienone is 1. The minimum absolute atomic E-state index is 0. The van der Waals surface area contributed by atoms with Crippen molar-refractivity contribution >= 4 is 46.8 Å². The van der Waals surface area contributed by atoms with Crippen molar-refractivity contribution in [1.82, 2.24) is 0 Å². The molecular weight excluding hydrogens is 353 g/mol. The molecule has 1 aliphatic heterocycles. The van der Waals surface area contributed by atoms with Crippen LogP contribution in [0.5, 0.6) is 5.75 Å². The number of ether oxygens (including phenoxy) is 1. The van der Waals surface area contributed by atoms with Crippen LogP contribution in [0.3, 0.4) is 0 Å². The number of hydrogen-bond donors (Lipinski definition) is 2. The first-order chi connectivity index (χ1) is 10.2. The second-order valence-corrected chi connectivity index (χ2v) is 5.98. The Bertz CT molecular complexity index is 674. The van der Waals surface area contributed by atoms with E-state index in [1.54, 1.807) is 11.3 Å². The van der Waals surface area contributed by atoms with E-state index in [-0.39, 0.29) is 24.8 Å². The van der Waals surface area contributed by atoms with E-state index >= 15 is 0 Å². The molecule has 23 heavy (non-hydrogen) atoms. The summed E-state index contributed by atoms with van der Waals surface area (Å²) < 4.78 is 5.81. The topological polar surface area (TPSA) is 50.5 Å². The van der Waals surface area contributed by atoms with Crippen LogP contribution in [0, 0.1) is 0 Å². The van der Waals surface area contributed by atoms with Crippen LogP contribution in [0.1, 0.15) is 18.9 Å². The van der Waals surface area contributed by atoms with Gasteiger partial charge in [-0.3, -0.25) is 0 Å². The largest absolute Gasteiger partial charge is 0.456 e. The molecule has 2 heterocycles. The van der Waals surface area contributed by atoms with Crippen LogP contribution >= 0.6 is 36.2 Å². The number of thiophene rings is 1. The highest BCUT2D eigenvalue weighted by molar-refractivity contribution is 7.14. The van der Waals surface area contributed by atoms with Gasteiger partial charge in [-0.1, -0.05) is 13.0 Å². The Morgan fingerprint density at radius 2 is 2.04 bits per heavy atom. The van der Waals surface area contributed by atoms with Gasteiger partial charge in [0.25, 0.3) is 0 Å². The third-order valence-electron chi connectivity index (χ3n) is 3.47. The van der Waals surface area contributed by atoms with E-state index in [1.165, 1.54) is 10.6 Å². The van der Waals surface area contributed by atoms with Crippen LogP contribution in [-0.4, -0.2) is 7.05 Å². The van der Waals surface area contributed by atoms with Gasteiger partial charge in [0.15, 0.2) is 5.75 Å². The second kappa shape index (κ2) is 8.34. The van der Waals surface area contributed by atoms with Crippen LogP contribution in [-0.2, 0) is 6.54 Å². The quantitative estimate of drug-likeness (QED) is 0.823. The zero-order valence-electron chi connectivity index (χ0n) is 13.0. The van der Waals surface area contributed by atoms with E-state index in [0.29, 0.717) is 5.82 Å². The van der Waals surface area contributed by atoms with Crippen molar-refractivity contribution in [2.45, 2.75) is 19.9 Å². The van der Waals surface area contributed by atoms with Crippen molar-refractivity contribution in [3.05, 3.63) is 52.9 Å². The van der Waals surface area contributed by atoms with E-state index in [4.69, 9.17) is 10.5 Å². The van der Waals surface area contributed by atoms with Gasteiger partial charge in [0.05, 0.1) is 10.7 Å². The maximum absolute atomic E-state index is 5.97. The molecule has 0 radical (unpaired) electrons.